The number of amides is 1. The normalized spacial score (nSPS) is 17.8. The van der Waals surface area contributed by atoms with E-state index in [1.54, 1.807) is 11.0 Å². The minimum Gasteiger partial charge on any atom is -0.492 e. The minimum atomic E-state index is -0.501. The highest BCUT2D eigenvalue weighted by atomic mass is 16.6. The molecule has 1 fully saturated rings. The van der Waals surface area contributed by atoms with Crippen molar-refractivity contribution in [3.05, 3.63) is 18.5 Å². The molecule has 134 valence electrons. The summed E-state index contributed by atoms with van der Waals surface area (Å²) in [5, 5.41) is 9.86. The van der Waals surface area contributed by atoms with Crippen LogP contribution in [0.15, 0.2) is 18.5 Å². The second-order valence-corrected chi connectivity index (χ2v) is 7.21. The third-order valence-electron chi connectivity index (χ3n) is 4.17. The van der Waals surface area contributed by atoms with Crippen LogP contribution >= 0.6 is 0 Å². The van der Waals surface area contributed by atoms with Crippen molar-refractivity contribution >= 4 is 22.9 Å². The lowest BCUT2D eigenvalue weighted by Crippen LogP contribution is -2.39. The maximum Gasteiger partial charge on any atom is 0.410 e. The topological polar surface area (TPSA) is 91.7 Å². The smallest absolute Gasteiger partial charge is 0.410 e. The zero-order valence-corrected chi connectivity index (χ0v) is 14.9. The quantitative estimate of drug-likeness (QED) is 0.892. The van der Waals surface area contributed by atoms with Gasteiger partial charge in [0.05, 0.1) is 5.52 Å². The Hall–Kier alpha value is -2.64. The lowest BCUT2D eigenvalue weighted by molar-refractivity contribution is 0.0292. The van der Waals surface area contributed by atoms with E-state index in [0.717, 1.165) is 6.42 Å². The highest BCUT2D eigenvalue weighted by molar-refractivity contribution is 5.80. The lowest BCUT2D eigenvalue weighted by atomic mass is 10.2. The molecule has 0 unspecified atom stereocenters. The lowest BCUT2D eigenvalue weighted by Gasteiger charge is -2.27. The van der Waals surface area contributed by atoms with Gasteiger partial charge in [0.25, 0.3) is 0 Å². The summed E-state index contributed by atoms with van der Waals surface area (Å²) in [7, 11) is 1.93. The van der Waals surface area contributed by atoms with E-state index < -0.39 is 5.60 Å². The van der Waals surface area contributed by atoms with Gasteiger partial charge in [0, 0.05) is 26.2 Å². The van der Waals surface area contributed by atoms with Crippen LogP contribution in [-0.2, 0) is 4.74 Å². The summed E-state index contributed by atoms with van der Waals surface area (Å²) in [6, 6.07) is 3.78. The van der Waals surface area contributed by atoms with E-state index in [9.17, 15) is 9.90 Å². The van der Waals surface area contributed by atoms with Gasteiger partial charge in [-0.05, 0) is 39.3 Å². The fourth-order valence-corrected chi connectivity index (χ4v) is 2.85. The summed E-state index contributed by atoms with van der Waals surface area (Å²) in [5.41, 5.74) is 0.457. The van der Waals surface area contributed by atoms with Crippen molar-refractivity contribution in [2.24, 2.45) is 0 Å². The van der Waals surface area contributed by atoms with Crippen molar-refractivity contribution in [1.82, 2.24) is 19.9 Å². The number of aromatic nitrogens is 3. The first-order valence-corrected chi connectivity index (χ1v) is 8.26. The average molecular weight is 345 g/mol. The molecule has 8 heteroatoms. The Labute approximate surface area is 146 Å². The maximum absolute atomic E-state index is 12.2. The van der Waals surface area contributed by atoms with E-state index >= 15 is 0 Å². The molecule has 1 amide bonds. The van der Waals surface area contributed by atoms with Gasteiger partial charge < -0.3 is 19.6 Å². The van der Waals surface area contributed by atoms with E-state index in [0.29, 0.717) is 29.9 Å². The second-order valence-electron chi connectivity index (χ2n) is 7.21. The summed E-state index contributed by atoms with van der Waals surface area (Å²) in [5.74, 6) is 0.565. The highest BCUT2D eigenvalue weighted by Crippen LogP contribution is 2.25. The van der Waals surface area contributed by atoms with Crippen molar-refractivity contribution in [1.29, 1.82) is 0 Å². The molecular weight excluding hydrogens is 322 g/mol. The van der Waals surface area contributed by atoms with Crippen LogP contribution in [0, 0.1) is 0 Å². The van der Waals surface area contributed by atoms with Crippen molar-refractivity contribution in [2.45, 2.75) is 38.8 Å². The highest BCUT2D eigenvalue weighted by Gasteiger charge is 2.32. The van der Waals surface area contributed by atoms with Crippen molar-refractivity contribution in [3.8, 4) is 5.88 Å². The molecule has 3 rings (SSSR count). The first kappa shape index (κ1) is 17.2. The van der Waals surface area contributed by atoms with Gasteiger partial charge >= 0.3 is 6.09 Å². The van der Waals surface area contributed by atoms with Crippen LogP contribution in [0.25, 0.3) is 11.0 Å². The number of carbonyl (C=O) groups excluding carboxylic acids is 1. The number of pyridine rings is 1. The van der Waals surface area contributed by atoms with Gasteiger partial charge in [0.2, 0.25) is 5.88 Å². The van der Waals surface area contributed by atoms with E-state index in [-0.39, 0.29) is 18.0 Å². The number of hydrogen-bond acceptors (Lipinski definition) is 7. The largest absolute Gasteiger partial charge is 0.492 e. The summed E-state index contributed by atoms with van der Waals surface area (Å²) < 4.78 is 5.43. The van der Waals surface area contributed by atoms with Crippen LogP contribution < -0.4 is 4.90 Å². The number of nitrogens with zero attached hydrogens (tertiary/aromatic N) is 5. The van der Waals surface area contributed by atoms with E-state index in [4.69, 9.17) is 4.74 Å². The minimum absolute atomic E-state index is 0.129. The molecule has 8 nitrogen and oxygen atoms in total. The van der Waals surface area contributed by atoms with Gasteiger partial charge in [-0.3, -0.25) is 0 Å². The van der Waals surface area contributed by atoms with Crippen LogP contribution in [-0.4, -0.2) is 62.8 Å². The molecule has 0 aromatic carbocycles. The SMILES string of the molecule is CN(c1ccc2ncnc(O)c2n1)[C@H]1CCN(C(=O)OC(C)(C)C)C1. The Kier molecular flexibility index (Phi) is 4.36. The molecule has 0 saturated carbocycles. The summed E-state index contributed by atoms with van der Waals surface area (Å²) >= 11 is 0. The molecule has 2 aromatic heterocycles. The number of likely N-dealkylation sites (tertiary alicyclic amines) is 1. The molecule has 0 radical (unpaired) electrons. The maximum atomic E-state index is 12.2. The molecule has 25 heavy (non-hydrogen) atoms. The number of carbonyl (C=O) groups is 1. The molecule has 1 aliphatic heterocycles. The number of aromatic hydroxyl groups is 1. The molecular formula is C17H23N5O3. The number of rotatable bonds is 2. The Bertz CT molecular complexity index is 789. The Balaban J connectivity index is 1.73. The van der Waals surface area contributed by atoms with Crippen LogP contribution in [0.1, 0.15) is 27.2 Å². The van der Waals surface area contributed by atoms with Crippen molar-refractivity contribution < 1.29 is 14.6 Å². The Morgan fingerprint density at radius 2 is 2.12 bits per heavy atom. The number of hydrogen-bond donors (Lipinski definition) is 1. The number of ether oxygens (including phenoxy) is 1. The van der Waals surface area contributed by atoms with Gasteiger partial charge in [-0.25, -0.2) is 19.7 Å². The van der Waals surface area contributed by atoms with Gasteiger partial charge in [0.15, 0.2) is 5.52 Å². The van der Waals surface area contributed by atoms with Gasteiger partial charge in [-0.1, -0.05) is 0 Å². The molecule has 3 heterocycles. The second kappa shape index (κ2) is 6.34. The Morgan fingerprint density at radius 3 is 2.84 bits per heavy atom. The molecule has 0 aliphatic carbocycles. The molecule has 2 aromatic rings. The zero-order chi connectivity index (χ0) is 18.2. The van der Waals surface area contributed by atoms with Crippen LogP contribution in [0.4, 0.5) is 10.6 Å². The molecule has 1 aliphatic rings. The molecule has 1 N–H and O–H groups in total. The third-order valence-corrected chi connectivity index (χ3v) is 4.17. The number of likely N-dealkylation sites (N-methyl/N-ethyl adjacent to an activating group) is 1. The fourth-order valence-electron chi connectivity index (χ4n) is 2.85. The third kappa shape index (κ3) is 3.72. The van der Waals surface area contributed by atoms with Gasteiger partial charge in [-0.15, -0.1) is 0 Å². The van der Waals surface area contributed by atoms with Gasteiger partial charge in [-0.2, -0.15) is 0 Å². The average Bonchev–Trinajstić information content (AvgIpc) is 3.03. The summed E-state index contributed by atoms with van der Waals surface area (Å²) in [4.78, 5) is 28.3. The first-order valence-electron chi connectivity index (χ1n) is 8.26. The zero-order valence-electron chi connectivity index (χ0n) is 14.9. The van der Waals surface area contributed by atoms with Crippen molar-refractivity contribution in [3.63, 3.8) is 0 Å². The van der Waals surface area contributed by atoms with Crippen LogP contribution in [0.3, 0.4) is 0 Å². The van der Waals surface area contributed by atoms with E-state index in [1.807, 2.05) is 38.8 Å². The van der Waals surface area contributed by atoms with E-state index in [1.165, 1.54) is 6.33 Å². The summed E-state index contributed by atoms with van der Waals surface area (Å²) in [6.07, 6.45) is 1.84. The number of fused-ring (bicyclic) bond motifs is 1. The number of anilines is 1. The molecule has 0 spiro atoms. The molecule has 0 bridgehead atoms. The standard InChI is InChI=1S/C17H23N5O3/c1-17(2,3)25-16(24)22-8-7-11(9-22)21(4)13-6-5-12-14(20-13)15(23)19-10-18-12/h5-6,10-11H,7-9H2,1-4H3,(H,18,19,23)/t11-/m0/s1. The molecule has 1 atom stereocenters. The van der Waals surface area contributed by atoms with E-state index in [2.05, 4.69) is 15.0 Å². The fraction of sp³-hybridized carbons (Fsp3) is 0.529. The molecule has 1 saturated heterocycles. The Morgan fingerprint density at radius 1 is 1.36 bits per heavy atom. The van der Waals surface area contributed by atoms with Crippen LogP contribution in [0.2, 0.25) is 0 Å². The van der Waals surface area contributed by atoms with Crippen LogP contribution in [0.5, 0.6) is 5.88 Å². The monoisotopic (exact) mass is 345 g/mol. The first-order chi connectivity index (χ1) is 11.7. The predicted octanol–water partition coefficient (Wildman–Crippen LogP) is 2.18. The van der Waals surface area contributed by atoms with Gasteiger partial charge in [0.1, 0.15) is 17.7 Å². The predicted molar refractivity (Wildman–Crippen MR) is 93.6 cm³/mol. The van der Waals surface area contributed by atoms with Crippen molar-refractivity contribution in [2.75, 3.05) is 25.0 Å². The summed E-state index contributed by atoms with van der Waals surface area (Å²) in [6.45, 7) is 6.79.